The zero-order valence-electron chi connectivity index (χ0n) is 23.3. The number of halogens is 2. The predicted octanol–water partition coefficient (Wildman–Crippen LogP) is 5.74. The highest BCUT2D eigenvalue weighted by Gasteiger charge is 2.39. The van der Waals surface area contributed by atoms with Gasteiger partial charge in [0.25, 0.3) is 5.91 Å². The summed E-state index contributed by atoms with van der Waals surface area (Å²) in [6.45, 7) is -1.30. The van der Waals surface area contributed by atoms with E-state index in [0.29, 0.717) is 11.3 Å². The summed E-state index contributed by atoms with van der Waals surface area (Å²) < 4.78 is 50.7. The number of aliphatic carboxylic acids is 1. The second-order valence-corrected chi connectivity index (χ2v) is 12.2. The first-order valence-electron chi connectivity index (χ1n) is 13.5. The zero-order chi connectivity index (χ0) is 31.2. The Labute approximate surface area is 248 Å². The number of allylic oxidation sites excluding steroid dienone is 2. The lowest BCUT2D eigenvalue weighted by molar-refractivity contribution is -0.163. The van der Waals surface area contributed by atoms with Crippen LogP contribution in [0.2, 0.25) is 0 Å². The summed E-state index contributed by atoms with van der Waals surface area (Å²) in [5, 5.41) is 13.2. The first kappa shape index (κ1) is 31.4. The molecule has 0 radical (unpaired) electrons. The van der Waals surface area contributed by atoms with Crippen LogP contribution in [0.25, 0.3) is 5.57 Å². The van der Waals surface area contributed by atoms with E-state index < -0.39 is 40.2 Å². The van der Waals surface area contributed by atoms with Gasteiger partial charge in [0, 0.05) is 23.2 Å². The number of benzene rings is 3. The van der Waals surface area contributed by atoms with Gasteiger partial charge in [-0.3, -0.25) is 9.69 Å². The van der Waals surface area contributed by atoms with Crippen molar-refractivity contribution in [2.75, 3.05) is 23.0 Å². The summed E-state index contributed by atoms with van der Waals surface area (Å²) in [6, 6.07) is 18.8. The molecule has 0 aliphatic heterocycles. The highest BCUT2D eigenvalue weighted by Crippen LogP contribution is 2.29. The Kier molecular flexibility index (Phi) is 9.59. The standard InChI is InChI=1S/C31H31F2N3O6S/c1-43(41,42)27-9-5-8-25(18-27)35-30(40)36(26-16-14-23(15-17-26)22-6-3-2-4-7-22)19-21-10-12-24(13-11-21)28(37)34-20-31(32,33)29(38)39/h5-6,8-18H,2-4,7,19-20H2,1H3,(H,34,37)(H,35,40)(H,38,39). The van der Waals surface area contributed by atoms with Crippen LogP contribution in [0, 0.1) is 0 Å². The van der Waals surface area contributed by atoms with Crippen LogP contribution in [-0.2, 0) is 21.2 Å². The van der Waals surface area contributed by atoms with Gasteiger partial charge in [-0.1, -0.05) is 36.4 Å². The maximum absolute atomic E-state index is 13.5. The molecule has 0 heterocycles. The van der Waals surface area contributed by atoms with Crippen molar-refractivity contribution in [1.82, 2.24) is 5.32 Å². The number of hydrogen-bond donors (Lipinski definition) is 3. The van der Waals surface area contributed by atoms with E-state index in [1.807, 2.05) is 29.6 Å². The van der Waals surface area contributed by atoms with Gasteiger partial charge in [0.05, 0.1) is 18.0 Å². The number of anilines is 2. The minimum atomic E-state index is -4.10. The van der Waals surface area contributed by atoms with Crippen molar-refractivity contribution in [3.05, 3.63) is 95.6 Å². The number of hydrogen-bond acceptors (Lipinski definition) is 5. The topological polar surface area (TPSA) is 133 Å². The summed E-state index contributed by atoms with van der Waals surface area (Å²) >= 11 is 0. The van der Waals surface area contributed by atoms with Crippen LogP contribution >= 0.6 is 0 Å². The van der Waals surface area contributed by atoms with E-state index in [1.54, 1.807) is 18.2 Å². The first-order chi connectivity index (χ1) is 20.3. The number of rotatable bonds is 10. The minimum Gasteiger partial charge on any atom is -0.477 e. The van der Waals surface area contributed by atoms with E-state index in [0.717, 1.165) is 37.5 Å². The predicted molar refractivity (Wildman–Crippen MR) is 159 cm³/mol. The number of amides is 3. The molecule has 3 aromatic carbocycles. The number of nitrogens with zero attached hydrogens (tertiary/aromatic N) is 1. The normalized spacial score (nSPS) is 13.5. The summed E-state index contributed by atoms with van der Waals surface area (Å²) in [7, 11) is -3.50. The lowest BCUT2D eigenvalue weighted by atomic mass is 9.93. The van der Waals surface area contributed by atoms with Gasteiger partial charge in [-0.15, -0.1) is 0 Å². The van der Waals surface area contributed by atoms with Crippen LogP contribution < -0.4 is 15.5 Å². The molecular weight excluding hydrogens is 580 g/mol. The Bertz CT molecular complexity index is 1640. The molecule has 0 fully saturated rings. The summed E-state index contributed by atoms with van der Waals surface area (Å²) in [5.41, 5.74) is 3.80. The van der Waals surface area contributed by atoms with Crippen molar-refractivity contribution < 1.29 is 36.7 Å². The van der Waals surface area contributed by atoms with E-state index in [2.05, 4.69) is 11.4 Å². The van der Waals surface area contributed by atoms with Crippen molar-refractivity contribution in [2.24, 2.45) is 0 Å². The third-order valence-corrected chi connectivity index (χ3v) is 8.05. The third-order valence-electron chi connectivity index (χ3n) is 6.94. The zero-order valence-corrected chi connectivity index (χ0v) is 24.2. The smallest absolute Gasteiger partial charge is 0.376 e. The number of carboxylic acids is 1. The Morgan fingerprint density at radius 1 is 0.977 bits per heavy atom. The lowest BCUT2D eigenvalue weighted by Crippen LogP contribution is -2.42. The molecule has 9 nitrogen and oxygen atoms in total. The number of carboxylic acid groups (broad SMARTS) is 1. The number of carbonyl (C=O) groups is 3. The molecule has 0 unspecified atom stereocenters. The maximum atomic E-state index is 13.5. The Hall–Kier alpha value is -4.58. The van der Waals surface area contributed by atoms with Crippen molar-refractivity contribution in [1.29, 1.82) is 0 Å². The Morgan fingerprint density at radius 2 is 1.67 bits per heavy atom. The molecule has 3 amide bonds. The van der Waals surface area contributed by atoms with Crippen molar-refractivity contribution >= 4 is 44.7 Å². The molecule has 3 aromatic rings. The van der Waals surface area contributed by atoms with Crippen LogP contribution in [0.1, 0.15) is 47.2 Å². The van der Waals surface area contributed by atoms with E-state index in [4.69, 9.17) is 5.11 Å². The van der Waals surface area contributed by atoms with Crippen LogP contribution in [0.4, 0.5) is 25.0 Å². The summed E-state index contributed by atoms with van der Waals surface area (Å²) in [6.07, 6.45) is 7.57. The quantitative estimate of drug-likeness (QED) is 0.268. The molecule has 0 saturated carbocycles. The average Bonchev–Trinajstić information content (AvgIpc) is 2.99. The van der Waals surface area contributed by atoms with Gasteiger partial charge < -0.3 is 15.7 Å². The molecule has 0 spiro atoms. The third kappa shape index (κ3) is 8.25. The second kappa shape index (κ2) is 13.2. The van der Waals surface area contributed by atoms with Crippen LogP contribution in [0.15, 0.2) is 83.8 Å². The Morgan fingerprint density at radius 3 is 2.28 bits per heavy atom. The van der Waals surface area contributed by atoms with E-state index >= 15 is 0 Å². The number of urea groups is 1. The molecule has 226 valence electrons. The molecule has 0 bridgehead atoms. The van der Waals surface area contributed by atoms with Gasteiger partial charge in [-0.05, 0) is 84.8 Å². The van der Waals surface area contributed by atoms with Crippen LogP contribution in [0.3, 0.4) is 0 Å². The number of nitrogens with one attached hydrogen (secondary N) is 2. The fourth-order valence-electron chi connectivity index (χ4n) is 4.54. The largest absolute Gasteiger partial charge is 0.477 e. The molecule has 0 saturated heterocycles. The molecule has 0 aromatic heterocycles. The molecular formula is C31H31F2N3O6S. The average molecular weight is 612 g/mol. The van der Waals surface area contributed by atoms with Gasteiger partial charge in [0.1, 0.15) is 0 Å². The van der Waals surface area contributed by atoms with Crippen LogP contribution in [0.5, 0.6) is 0 Å². The lowest BCUT2D eigenvalue weighted by Gasteiger charge is -2.24. The summed E-state index contributed by atoms with van der Waals surface area (Å²) in [4.78, 5) is 37.9. The van der Waals surface area contributed by atoms with E-state index in [-0.39, 0.29) is 22.7 Å². The van der Waals surface area contributed by atoms with E-state index in [1.165, 1.54) is 40.8 Å². The minimum absolute atomic E-state index is 0.0311. The second-order valence-electron chi connectivity index (χ2n) is 10.2. The maximum Gasteiger partial charge on any atom is 0.376 e. The first-order valence-corrected chi connectivity index (χ1v) is 15.4. The number of carbonyl (C=O) groups excluding carboxylic acids is 2. The fraction of sp³-hybridized carbons (Fsp3) is 0.258. The Balaban J connectivity index is 1.56. The fourth-order valence-corrected chi connectivity index (χ4v) is 5.21. The van der Waals surface area contributed by atoms with Gasteiger partial charge in [-0.2, -0.15) is 8.78 Å². The molecule has 43 heavy (non-hydrogen) atoms. The van der Waals surface area contributed by atoms with Gasteiger partial charge in [0.2, 0.25) is 0 Å². The van der Waals surface area contributed by atoms with Crippen molar-refractivity contribution in [3.63, 3.8) is 0 Å². The molecule has 12 heteroatoms. The molecule has 1 aliphatic carbocycles. The van der Waals surface area contributed by atoms with Crippen molar-refractivity contribution in [3.8, 4) is 0 Å². The highest BCUT2D eigenvalue weighted by atomic mass is 32.2. The number of alkyl halides is 2. The molecule has 4 rings (SSSR count). The number of sulfone groups is 1. The highest BCUT2D eigenvalue weighted by molar-refractivity contribution is 7.90. The van der Waals surface area contributed by atoms with Crippen LogP contribution in [-0.4, -0.2) is 50.2 Å². The monoisotopic (exact) mass is 611 g/mol. The van der Waals surface area contributed by atoms with Crippen molar-refractivity contribution in [2.45, 2.75) is 43.0 Å². The van der Waals surface area contributed by atoms with E-state index in [9.17, 15) is 31.6 Å². The summed E-state index contributed by atoms with van der Waals surface area (Å²) in [5.74, 6) is -7.32. The van der Waals surface area contributed by atoms with Gasteiger partial charge >= 0.3 is 17.9 Å². The molecule has 1 aliphatic rings. The molecule has 3 N–H and O–H groups in total. The van der Waals surface area contributed by atoms with Gasteiger partial charge in [-0.25, -0.2) is 18.0 Å². The SMILES string of the molecule is CS(=O)(=O)c1cccc(NC(=O)N(Cc2ccc(C(=O)NCC(F)(F)C(=O)O)cc2)c2ccc(C3=CCCCC3)cc2)c1. The van der Waals surface area contributed by atoms with Gasteiger partial charge in [0.15, 0.2) is 9.84 Å². The molecule has 0 atom stereocenters.